The number of ether oxygens (including phenoxy) is 2. The summed E-state index contributed by atoms with van der Waals surface area (Å²) in [5.41, 5.74) is -0.0313. The van der Waals surface area contributed by atoms with Crippen molar-refractivity contribution in [2.24, 2.45) is 11.8 Å². The molecule has 0 spiro atoms. The summed E-state index contributed by atoms with van der Waals surface area (Å²) in [6.45, 7) is 13.8. The third-order valence-electron chi connectivity index (χ3n) is 6.46. The van der Waals surface area contributed by atoms with Crippen LogP contribution in [0.1, 0.15) is 72.3 Å². The van der Waals surface area contributed by atoms with Crippen LogP contribution in [0.25, 0.3) is 0 Å². The van der Waals surface area contributed by atoms with Gasteiger partial charge >= 0.3 is 6.09 Å². The van der Waals surface area contributed by atoms with E-state index in [9.17, 15) is 4.79 Å². The zero-order chi connectivity index (χ0) is 21.9. The first-order chi connectivity index (χ1) is 14.1. The van der Waals surface area contributed by atoms with Gasteiger partial charge in [-0.15, -0.1) is 6.58 Å². The van der Waals surface area contributed by atoms with E-state index in [0.29, 0.717) is 11.8 Å². The Balaban J connectivity index is 1.88. The molecular formula is C26H39NO3. The molecule has 1 heterocycles. The molecule has 0 aromatic heterocycles. The number of rotatable bonds is 5. The molecule has 1 saturated carbocycles. The lowest BCUT2D eigenvalue weighted by atomic mass is 9.75. The first-order valence-corrected chi connectivity index (χ1v) is 11.5. The predicted molar refractivity (Wildman–Crippen MR) is 121 cm³/mol. The lowest BCUT2D eigenvalue weighted by Gasteiger charge is -2.35. The Labute approximate surface area is 182 Å². The summed E-state index contributed by atoms with van der Waals surface area (Å²) < 4.78 is 12.4. The molecular weight excluding hydrogens is 374 g/mol. The van der Waals surface area contributed by atoms with E-state index in [-0.39, 0.29) is 18.2 Å². The van der Waals surface area contributed by atoms with Gasteiger partial charge in [-0.25, -0.2) is 4.79 Å². The smallest absolute Gasteiger partial charge is 0.412 e. The zero-order valence-electron chi connectivity index (χ0n) is 19.4. The number of hydrogen-bond acceptors (Lipinski definition) is 3. The van der Waals surface area contributed by atoms with E-state index in [4.69, 9.17) is 9.47 Å². The van der Waals surface area contributed by atoms with E-state index in [1.54, 1.807) is 0 Å². The van der Waals surface area contributed by atoms with Crippen LogP contribution >= 0.6 is 0 Å². The third-order valence-corrected chi connectivity index (χ3v) is 6.46. The van der Waals surface area contributed by atoms with E-state index < -0.39 is 11.3 Å². The van der Waals surface area contributed by atoms with Gasteiger partial charge in [0.1, 0.15) is 11.3 Å². The van der Waals surface area contributed by atoms with E-state index in [0.717, 1.165) is 12.8 Å². The average Bonchev–Trinajstić information content (AvgIpc) is 2.91. The number of nitrogens with zero attached hydrogens (tertiary/aromatic N) is 1. The summed E-state index contributed by atoms with van der Waals surface area (Å²) >= 11 is 0. The summed E-state index contributed by atoms with van der Waals surface area (Å²) in [4.78, 5) is 15.1. The molecule has 3 rings (SSSR count). The number of carbonyl (C=O) groups excluding carboxylic acids is 1. The summed E-state index contributed by atoms with van der Waals surface area (Å²) in [6.07, 6.45) is 8.51. The molecule has 166 valence electrons. The van der Waals surface area contributed by atoms with Crippen LogP contribution < -0.4 is 0 Å². The van der Waals surface area contributed by atoms with Gasteiger partial charge in [-0.2, -0.15) is 0 Å². The highest BCUT2D eigenvalue weighted by Crippen LogP contribution is 2.41. The molecule has 1 aliphatic carbocycles. The summed E-state index contributed by atoms with van der Waals surface area (Å²) in [7, 11) is 0. The van der Waals surface area contributed by atoms with Crippen LogP contribution in [-0.2, 0) is 15.9 Å². The molecule has 1 aliphatic heterocycles. The Morgan fingerprint density at radius 1 is 1.23 bits per heavy atom. The van der Waals surface area contributed by atoms with Crippen LogP contribution in [0.4, 0.5) is 4.79 Å². The van der Waals surface area contributed by atoms with E-state index >= 15 is 0 Å². The van der Waals surface area contributed by atoms with Gasteiger partial charge in [-0.3, -0.25) is 4.90 Å². The Morgan fingerprint density at radius 2 is 1.90 bits per heavy atom. The highest BCUT2D eigenvalue weighted by atomic mass is 16.6. The maximum atomic E-state index is 13.2. The van der Waals surface area contributed by atoms with Crippen LogP contribution in [0, 0.1) is 11.8 Å². The molecule has 30 heavy (non-hydrogen) atoms. The van der Waals surface area contributed by atoms with Crippen LogP contribution in [0.5, 0.6) is 0 Å². The van der Waals surface area contributed by atoms with Gasteiger partial charge < -0.3 is 9.47 Å². The molecule has 4 heteroatoms. The fourth-order valence-electron chi connectivity index (χ4n) is 5.16. The van der Waals surface area contributed by atoms with E-state index in [1.165, 1.54) is 31.2 Å². The van der Waals surface area contributed by atoms with Gasteiger partial charge in [0.25, 0.3) is 0 Å². The van der Waals surface area contributed by atoms with Gasteiger partial charge in [-0.1, -0.05) is 49.2 Å². The Bertz CT molecular complexity index is 722. The maximum absolute atomic E-state index is 13.2. The molecule has 0 unspecified atom stereocenters. The standard InChI is InChI=1S/C26H39NO3/c1-7-20-15-11-12-16-21(20)18-23-22(17-19-13-9-8-10-14-19)27(26(5,6)29-23)24(28)30-25(2,3)4/h7-10,13-14,20-23H,1,11-12,15-18H2,2-6H3/t20-,21-,22+,23-/m1/s1. The Hall–Kier alpha value is -1.81. The normalized spacial score (nSPS) is 28.9. The van der Waals surface area contributed by atoms with Crippen LogP contribution in [0.3, 0.4) is 0 Å². The number of carbonyl (C=O) groups is 1. The SMILES string of the molecule is C=C[C@@H]1CCCC[C@@H]1C[C@H]1OC(C)(C)N(C(=O)OC(C)(C)C)[C@H]1Cc1ccccc1. The lowest BCUT2D eigenvalue weighted by Crippen LogP contribution is -2.51. The second-order valence-electron chi connectivity index (χ2n) is 10.4. The van der Waals surface area contributed by atoms with Gasteiger partial charge in [-0.05, 0) is 77.7 Å². The second-order valence-corrected chi connectivity index (χ2v) is 10.4. The molecule has 0 N–H and O–H groups in total. The Kier molecular flexibility index (Phi) is 6.96. The van der Waals surface area contributed by atoms with Gasteiger partial charge in [0, 0.05) is 0 Å². The summed E-state index contributed by atoms with van der Waals surface area (Å²) in [6, 6.07) is 10.3. The molecule has 4 atom stereocenters. The molecule has 0 radical (unpaired) electrons. The van der Waals surface area contributed by atoms with Crippen molar-refractivity contribution < 1.29 is 14.3 Å². The number of hydrogen-bond donors (Lipinski definition) is 0. The number of amides is 1. The minimum atomic E-state index is -0.704. The van der Waals surface area contributed by atoms with Crippen LogP contribution in [-0.4, -0.2) is 34.5 Å². The monoisotopic (exact) mass is 413 g/mol. The predicted octanol–water partition coefficient (Wildman–Crippen LogP) is 6.35. The van der Waals surface area contributed by atoms with Crippen molar-refractivity contribution in [1.29, 1.82) is 0 Å². The molecule has 1 aromatic carbocycles. The highest BCUT2D eigenvalue weighted by molar-refractivity contribution is 5.70. The Morgan fingerprint density at radius 3 is 2.53 bits per heavy atom. The molecule has 2 fully saturated rings. The first-order valence-electron chi connectivity index (χ1n) is 11.5. The fraction of sp³-hybridized carbons (Fsp3) is 0.654. The minimum absolute atomic E-state index is 0.0155. The topological polar surface area (TPSA) is 38.8 Å². The molecule has 4 nitrogen and oxygen atoms in total. The first kappa shape index (κ1) is 22.9. The van der Waals surface area contributed by atoms with Crippen molar-refractivity contribution in [2.45, 2.75) is 96.6 Å². The second kappa shape index (κ2) is 9.13. The summed E-state index contributed by atoms with van der Waals surface area (Å²) in [5.74, 6) is 1.10. The molecule has 0 bridgehead atoms. The number of benzene rings is 1. The maximum Gasteiger partial charge on any atom is 0.412 e. The van der Waals surface area contributed by atoms with E-state index in [2.05, 4.69) is 36.9 Å². The van der Waals surface area contributed by atoms with E-state index in [1.807, 2.05) is 45.6 Å². The largest absolute Gasteiger partial charge is 0.444 e. The van der Waals surface area contributed by atoms with Crippen molar-refractivity contribution in [3.8, 4) is 0 Å². The number of allylic oxidation sites excluding steroid dienone is 1. The molecule has 1 aromatic rings. The third kappa shape index (κ3) is 5.46. The lowest BCUT2D eigenvalue weighted by molar-refractivity contribution is -0.0834. The highest BCUT2D eigenvalue weighted by Gasteiger charge is 2.51. The van der Waals surface area contributed by atoms with Crippen molar-refractivity contribution >= 4 is 6.09 Å². The van der Waals surface area contributed by atoms with Crippen molar-refractivity contribution in [3.63, 3.8) is 0 Å². The van der Waals surface area contributed by atoms with Gasteiger partial charge in [0.15, 0.2) is 0 Å². The molecule has 1 saturated heterocycles. The minimum Gasteiger partial charge on any atom is -0.444 e. The molecule has 1 amide bonds. The van der Waals surface area contributed by atoms with Crippen LogP contribution in [0.2, 0.25) is 0 Å². The van der Waals surface area contributed by atoms with Gasteiger partial charge in [0.05, 0.1) is 12.1 Å². The summed E-state index contributed by atoms with van der Waals surface area (Å²) in [5, 5.41) is 0. The quantitative estimate of drug-likeness (QED) is 0.528. The van der Waals surface area contributed by atoms with Crippen LogP contribution in [0.15, 0.2) is 43.0 Å². The van der Waals surface area contributed by atoms with Crippen molar-refractivity contribution in [1.82, 2.24) is 4.90 Å². The molecule has 2 aliphatic rings. The van der Waals surface area contributed by atoms with Crippen molar-refractivity contribution in [2.75, 3.05) is 0 Å². The average molecular weight is 414 g/mol. The van der Waals surface area contributed by atoms with Gasteiger partial charge in [0.2, 0.25) is 0 Å². The fourth-order valence-corrected chi connectivity index (χ4v) is 5.16. The zero-order valence-corrected chi connectivity index (χ0v) is 19.4. The van der Waals surface area contributed by atoms with Crippen molar-refractivity contribution in [3.05, 3.63) is 48.6 Å².